The zero-order valence-corrected chi connectivity index (χ0v) is 29.8. The van der Waals surface area contributed by atoms with Gasteiger partial charge in [-0.1, -0.05) is 133 Å². The maximum atomic E-state index is 6.78. The fraction of sp³-hybridized carbons (Fsp3) is 0.174. The fourth-order valence-corrected chi connectivity index (χ4v) is 7.13. The SMILES string of the molecule is CC(C)(C)c1cc(-c2ccccc2-c2nc(-c3ccccc3)n3c2oc2cc(C(C)(C)C)ccc23)nc(-c2cccc3c2oc2ccccc23)c1. The van der Waals surface area contributed by atoms with E-state index in [4.69, 9.17) is 18.8 Å². The number of hydrogen-bond donors (Lipinski definition) is 0. The Balaban J connectivity index is 1.30. The quantitative estimate of drug-likeness (QED) is 0.188. The van der Waals surface area contributed by atoms with Gasteiger partial charge >= 0.3 is 0 Å². The van der Waals surface area contributed by atoms with Crippen molar-refractivity contribution < 1.29 is 8.83 Å². The van der Waals surface area contributed by atoms with Gasteiger partial charge in [0.2, 0.25) is 5.71 Å². The summed E-state index contributed by atoms with van der Waals surface area (Å²) in [7, 11) is 0. The third-order valence-corrected chi connectivity index (χ3v) is 9.97. The second-order valence-electron chi connectivity index (χ2n) is 15.5. The standard InChI is InChI=1S/C46H39N3O2/c1-45(2,3)29-23-24-38-40(27-29)51-44-41(48-43(49(38)44)28-15-8-7-9-16-28)33-19-11-10-17-31(33)36-25-30(46(4,5)6)26-37(47-36)35-21-14-20-34-32-18-12-13-22-39(32)50-42(34)35/h7-27H,1-6H3. The summed E-state index contributed by atoms with van der Waals surface area (Å²) in [6, 6.07) is 44.3. The van der Waals surface area contributed by atoms with Gasteiger partial charge < -0.3 is 8.83 Å². The van der Waals surface area contributed by atoms with Crippen LogP contribution in [0.1, 0.15) is 52.7 Å². The lowest BCUT2D eigenvalue weighted by Crippen LogP contribution is -2.12. The van der Waals surface area contributed by atoms with Crippen molar-refractivity contribution in [2.75, 3.05) is 0 Å². The van der Waals surface area contributed by atoms with Crippen LogP contribution in [0, 0.1) is 0 Å². The molecule has 9 rings (SSSR count). The summed E-state index contributed by atoms with van der Waals surface area (Å²) < 4.78 is 15.4. The first kappa shape index (κ1) is 31.1. The van der Waals surface area contributed by atoms with Gasteiger partial charge in [0, 0.05) is 33.0 Å². The van der Waals surface area contributed by atoms with E-state index in [9.17, 15) is 0 Å². The number of furan rings is 1. The van der Waals surface area contributed by atoms with Gasteiger partial charge in [-0.25, -0.2) is 9.97 Å². The van der Waals surface area contributed by atoms with Crippen molar-refractivity contribution in [2.45, 2.75) is 52.4 Å². The molecule has 5 nitrogen and oxygen atoms in total. The summed E-state index contributed by atoms with van der Waals surface area (Å²) >= 11 is 0. The number of aromatic nitrogens is 3. The molecule has 0 unspecified atom stereocenters. The van der Waals surface area contributed by atoms with E-state index in [0.29, 0.717) is 5.71 Å². The zero-order chi connectivity index (χ0) is 35.1. The molecular weight excluding hydrogens is 627 g/mol. The van der Waals surface area contributed by atoms with Crippen LogP contribution in [0.2, 0.25) is 0 Å². The first-order chi connectivity index (χ1) is 24.5. The molecule has 4 aromatic heterocycles. The lowest BCUT2D eigenvalue weighted by Gasteiger charge is -2.21. The van der Waals surface area contributed by atoms with Crippen LogP contribution in [0.25, 0.3) is 83.9 Å². The molecule has 4 heterocycles. The third-order valence-electron chi connectivity index (χ3n) is 9.97. The van der Waals surface area contributed by atoms with Crippen LogP contribution in [-0.2, 0) is 10.8 Å². The minimum Gasteiger partial charge on any atom is -0.455 e. The van der Waals surface area contributed by atoms with Crippen LogP contribution in [0.15, 0.2) is 136 Å². The molecule has 0 amide bonds. The van der Waals surface area contributed by atoms with Crippen LogP contribution < -0.4 is 0 Å². The summed E-state index contributed by atoms with van der Waals surface area (Å²) in [5.41, 5.74) is 13.0. The molecule has 250 valence electrons. The van der Waals surface area contributed by atoms with E-state index in [-0.39, 0.29) is 10.8 Å². The lowest BCUT2D eigenvalue weighted by atomic mass is 9.85. The molecule has 0 saturated carbocycles. The van der Waals surface area contributed by atoms with Crippen molar-refractivity contribution in [1.29, 1.82) is 0 Å². The van der Waals surface area contributed by atoms with Gasteiger partial charge in [-0.3, -0.25) is 4.40 Å². The van der Waals surface area contributed by atoms with E-state index in [1.807, 2.05) is 18.2 Å². The van der Waals surface area contributed by atoms with E-state index in [1.54, 1.807) is 0 Å². The number of oxazole rings is 1. The summed E-state index contributed by atoms with van der Waals surface area (Å²) in [5, 5.41) is 2.19. The van der Waals surface area contributed by atoms with Gasteiger partial charge in [-0.2, -0.15) is 0 Å². The van der Waals surface area contributed by atoms with Gasteiger partial charge in [-0.05, 0) is 58.4 Å². The Morgan fingerprint density at radius 1 is 0.510 bits per heavy atom. The number of pyridine rings is 1. The second-order valence-corrected chi connectivity index (χ2v) is 15.5. The highest BCUT2D eigenvalue weighted by atomic mass is 16.3. The molecule has 0 N–H and O–H groups in total. The molecule has 0 spiro atoms. The molecule has 0 atom stereocenters. The summed E-state index contributed by atoms with van der Waals surface area (Å²) in [4.78, 5) is 10.7. The Morgan fingerprint density at radius 2 is 1.16 bits per heavy atom. The minimum atomic E-state index is -0.130. The summed E-state index contributed by atoms with van der Waals surface area (Å²) in [6.45, 7) is 13.4. The maximum absolute atomic E-state index is 6.78. The first-order valence-corrected chi connectivity index (χ1v) is 17.6. The highest BCUT2D eigenvalue weighted by Gasteiger charge is 2.26. The fourth-order valence-electron chi connectivity index (χ4n) is 7.13. The number of fused-ring (bicyclic) bond motifs is 6. The normalized spacial score (nSPS) is 12.5. The van der Waals surface area contributed by atoms with Crippen LogP contribution in [0.5, 0.6) is 0 Å². The molecule has 9 aromatic rings. The smallest absolute Gasteiger partial charge is 0.233 e. The van der Waals surface area contributed by atoms with E-state index in [2.05, 4.69) is 155 Å². The van der Waals surface area contributed by atoms with Crippen molar-refractivity contribution >= 4 is 38.8 Å². The topological polar surface area (TPSA) is 56.5 Å². The second kappa shape index (κ2) is 11.3. The predicted octanol–water partition coefficient (Wildman–Crippen LogP) is 12.6. The highest BCUT2D eigenvalue weighted by molar-refractivity contribution is 6.09. The molecule has 51 heavy (non-hydrogen) atoms. The number of imidazole rings is 1. The monoisotopic (exact) mass is 665 g/mol. The molecule has 0 radical (unpaired) electrons. The molecular formula is C46H39N3O2. The van der Waals surface area contributed by atoms with Gasteiger partial charge in [0.15, 0.2) is 5.58 Å². The third kappa shape index (κ3) is 5.15. The molecule has 0 fully saturated rings. The largest absolute Gasteiger partial charge is 0.455 e. The van der Waals surface area contributed by atoms with Crippen molar-refractivity contribution in [1.82, 2.24) is 14.4 Å². The first-order valence-electron chi connectivity index (χ1n) is 17.6. The zero-order valence-electron chi connectivity index (χ0n) is 29.8. The average Bonchev–Trinajstić information content (AvgIpc) is 3.81. The van der Waals surface area contributed by atoms with E-state index in [0.717, 1.165) is 78.2 Å². The Hall–Kier alpha value is -5.94. The molecule has 5 heteroatoms. The van der Waals surface area contributed by atoms with Crippen LogP contribution in [0.4, 0.5) is 0 Å². The molecule has 0 aliphatic heterocycles. The van der Waals surface area contributed by atoms with Crippen molar-refractivity contribution in [3.05, 3.63) is 139 Å². The van der Waals surface area contributed by atoms with Gasteiger partial charge in [0.05, 0.1) is 16.9 Å². The van der Waals surface area contributed by atoms with Crippen molar-refractivity contribution in [2.24, 2.45) is 0 Å². The Morgan fingerprint density at radius 3 is 1.92 bits per heavy atom. The average molecular weight is 666 g/mol. The number of benzene rings is 5. The highest BCUT2D eigenvalue weighted by Crippen LogP contribution is 2.42. The van der Waals surface area contributed by atoms with Crippen LogP contribution in [0.3, 0.4) is 0 Å². The van der Waals surface area contributed by atoms with E-state index < -0.39 is 0 Å². The van der Waals surface area contributed by atoms with Crippen LogP contribution in [-0.4, -0.2) is 14.4 Å². The molecule has 0 aliphatic rings. The molecule has 0 saturated heterocycles. The lowest BCUT2D eigenvalue weighted by molar-refractivity contribution is 0.587. The molecule has 0 bridgehead atoms. The number of para-hydroxylation sites is 2. The number of hydrogen-bond acceptors (Lipinski definition) is 4. The van der Waals surface area contributed by atoms with Crippen molar-refractivity contribution in [3.63, 3.8) is 0 Å². The number of nitrogens with zero attached hydrogens (tertiary/aromatic N) is 3. The molecule has 5 aromatic carbocycles. The van der Waals surface area contributed by atoms with Crippen LogP contribution >= 0.6 is 0 Å². The van der Waals surface area contributed by atoms with Gasteiger partial charge in [0.25, 0.3) is 0 Å². The Kier molecular flexibility index (Phi) is 6.88. The Bertz CT molecular complexity index is 2770. The summed E-state index contributed by atoms with van der Waals surface area (Å²) in [5.74, 6) is 0.839. The van der Waals surface area contributed by atoms with E-state index >= 15 is 0 Å². The number of rotatable bonds is 4. The van der Waals surface area contributed by atoms with Crippen molar-refractivity contribution in [3.8, 4) is 45.2 Å². The molecule has 0 aliphatic carbocycles. The maximum Gasteiger partial charge on any atom is 0.233 e. The summed E-state index contributed by atoms with van der Waals surface area (Å²) in [6.07, 6.45) is 0. The predicted molar refractivity (Wildman–Crippen MR) is 209 cm³/mol. The Labute approximate surface area is 297 Å². The van der Waals surface area contributed by atoms with Gasteiger partial charge in [-0.15, -0.1) is 0 Å². The minimum absolute atomic E-state index is 0.0142. The van der Waals surface area contributed by atoms with Gasteiger partial charge in [0.1, 0.15) is 22.7 Å². The van der Waals surface area contributed by atoms with E-state index in [1.165, 1.54) is 11.1 Å².